The van der Waals surface area contributed by atoms with Crippen molar-refractivity contribution in [2.24, 2.45) is 0 Å². The second kappa shape index (κ2) is 11.4. The third kappa shape index (κ3) is 5.98. The number of carboxylic acid groups (broad SMARTS) is 1. The summed E-state index contributed by atoms with van der Waals surface area (Å²) in [6.07, 6.45) is -11.6. The molecule has 0 spiro atoms. The summed E-state index contributed by atoms with van der Waals surface area (Å²) in [7, 11) is 0. The number of carboxylic acids is 1. The first-order valence-electron chi connectivity index (χ1n) is 11.7. The first-order valence-corrected chi connectivity index (χ1v) is 11.7. The second-order valence-electron chi connectivity index (χ2n) is 9.04. The first kappa shape index (κ1) is 28.7. The first-order chi connectivity index (χ1) is 18.8. The number of aliphatic hydroxyl groups is 4. The number of benzene rings is 2. The van der Waals surface area contributed by atoms with E-state index in [1.54, 1.807) is 0 Å². The normalized spacial score (nSPS) is 26.6. The van der Waals surface area contributed by atoms with Crippen molar-refractivity contribution in [3.8, 4) is 28.7 Å². The summed E-state index contributed by atoms with van der Waals surface area (Å²) in [4.78, 5) is 22.6. The van der Waals surface area contributed by atoms with Gasteiger partial charge in [-0.1, -0.05) is 6.07 Å². The molecule has 2 aromatic rings. The minimum Gasteiger partial charge on any atom is -0.508 e. The third-order valence-corrected chi connectivity index (χ3v) is 6.17. The average molecular weight is 566 g/mol. The Morgan fingerprint density at radius 3 is 2.33 bits per heavy atom. The molecule has 4 rings (SSSR count). The Morgan fingerprint density at radius 2 is 1.65 bits per heavy atom. The summed E-state index contributed by atoms with van der Waals surface area (Å²) in [6, 6.07) is 5.91. The molecule has 0 amide bonds. The van der Waals surface area contributed by atoms with Gasteiger partial charge in [-0.25, -0.2) is 4.79 Å². The topological polar surface area (TPSA) is 253 Å². The molecule has 0 aliphatic carbocycles. The van der Waals surface area contributed by atoms with Gasteiger partial charge in [-0.05, 0) is 18.2 Å². The number of aliphatic carboxylic acids is 1. The van der Waals surface area contributed by atoms with Gasteiger partial charge in [0.2, 0.25) is 6.29 Å². The van der Waals surface area contributed by atoms with Crippen molar-refractivity contribution < 1.29 is 74.5 Å². The number of aliphatic hydroxyl groups excluding tert-OH is 4. The van der Waals surface area contributed by atoms with Gasteiger partial charge in [-0.15, -0.1) is 0 Å². The van der Waals surface area contributed by atoms with Crippen molar-refractivity contribution >= 4 is 18.0 Å². The number of carbonyl (C=O) groups is 2. The fraction of sp³-hybridized carbons (Fsp3) is 0.360. The standard InChI is InChI=1S/C25H26O15/c26-10-4-13(28)11-6-17(23(38-16(11)5-10)9-1-2-12(27)14(29)3-9)39-25-22(34)21(33)20(32)18(40-25)8-37-19(31)7-15(30)24(35)36/h1-6,15,18,20-23,25-30,32-34H,7-8H2,(H,35,36). The Morgan fingerprint density at radius 1 is 0.925 bits per heavy atom. The van der Waals surface area contributed by atoms with Gasteiger partial charge in [0, 0.05) is 17.7 Å². The Balaban J connectivity index is 1.59. The van der Waals surface area contributed by atoms with E-state index in [9.17, 15) is 50.4 Å². The maximum atomic E-state index is 11.8. The van der Waals surface area contributed by atoms with Gasteiger partial charge in [-0.2, -0.15) is 0 Å². The van der Waals surface area contributed by atoms with Crippen LogP contribution in [-0.2, 0) is 23.8 Å². The Labute approximate surface area is 224 Å². The van der Waals surface area contributed by atoms with Crippen molar-refractivity contribution in [3.63, 3.8) is 0 Å². The number of ether oxygens (including phenoxy) is 4. The molecule has 1 saturated heterocycles. The summed E-state index contributed by atoms with van der Waals surface area (Å²) < 4.78 is 22.0. The number of hydrogen-bond acceptors (Lipinski definition) is 14. The molecule has 15 heteroatoms. The smallest absolute Gasteiger partial charge is 0.333 e. The molecule has 9 N–H and O–H groups in total. The van der Waals surface area contributed by atoms with E-state index < -0.39 is 85.1 Å². The van der Waals surface area contributed by atoms with Crippen LogP contribution in [0, 0.1) is 0 Å². The summed E-state index contributed by atoms with van der Waals surface area (Å²) in [6.45, 7) is -0.719. The minimum atomic E-state index is -2.02. The number of esters is 1. The lowest BCUT2D eigenvalue weighted by Gasteiger charge is -2.41. The van der Waals surface area contributed by atoms with Crippen LogP contribution in [0.2, 0.25) is 0 Å². The Kier molecular flexibility index (Phi) is 8.22. The highest BCUT2D eigenvalue weighted by molar-refractivity contribution is 5.80. The SMILES string of the molecule is O=C(CC(O)C(=O)O)OCC1OC(OC2=Cc3c(O)cc(O)cc3OC2c2ccc(O)c(O)c2)C(O)C(O)C1O. The molecule has 2 aromatic carbocycles. The average Bonchev–Trinajstić information content (AvgIpc) is 2.89. The molecule has 0 radical (unpaired) electrons. The zero-order valence-electron chi connectivity index (χ0n) is 20.4. The van der Waals surface area contributed by atoms with Crippen LogP contribution < -0.4 is 4.74 Å². The number of fused-ring (bicyclic) bond motifs is 1. The Hall–Kier alpha value is -4.28. The molecular formula is C25H26O15. The molecule has 1 fully saturated rings. The lowest BCUT2D eigenvalue weighted by Crippen LogP contribution is -2.59. The number of aromatic hydroxyl groups is 4. The van der Waals surface area contributed by atoms with E-state index in [4.69, 9.17) is 24.1 Å². The van der Waals surface area contributed by atoms with Crippen LogP contribution in [0.5, 0.6) is 28.7 Å². The monoisotopic (exact) mass is 566 g/mol. The van der Waals surface area contributed by atoms with Crippen molar-refractivity contribution in [1.82, 2.24) is 0 Å². The van der Waals surface area contributed by atoms with Crippen LogP contribution in [0.1, 0.15) is 23.7 Å². The van der Waals surface area contributed by atoms with E-state index in [0.717, 1.165) is 12.1 Å². The van der Waals surface area contributed by atoms with E-state index in [0.29, 0.717) is 0 Å². The molecule has 15 nitrogen and oxygen atoms in total. The van der Waals surface area contributed by atoms with Gasteiger partial charge in [0.05, 0.1) is 12.0 Å². The van der Waals surface area contributed by atoms with Gasteiger partial charge in [0.1, 0.15) is 54.0 Å². The molecule has 2 heterocycles. The maximum absolute atomic E-state index is 11.8. The van der Waals surface area contributed by atoms with Crippen LogP contribution in [0.15, 0.2) is 36.1 Å². The van der Waals surface area contributed by atoms with Crippen LogP contribution in [0.4, 0.5) is 0 Å². The number of rotatable bonds is 8. The van der Waals surface area contributed by atoms with Crippen LogP contribution in [0.25, 0.3) is 6.08 Å². The predicted molar refractivity (Wildman–Crippen MR) is 128 cm³/mol. The van der Waals surface area contributed by atoms with Gasteiger partial charge < -0.3 is 64.9 Å². The van der Waals surface area contributed by atoms with Crippen molar-refractivity contribution in [2.45, 2.75) is 49.3 Å². The van der Waals surface area contributed by atoms with E-state index in [1.807, 2.05) is 0 Å². The number of phenols is 4. The van der Waals surface area contributed by atoms with Gasteiger partial charge >= 0.3 is 11.9 Å². The summed E-state index contributed by atoms with van der Waals surface area (Å²) in [5, 5.41) is 89.1. The summed E-state index contributed by atoms with van der Waals surface area (Å²) >= 11 is 0. The molecule has 2 aliphatic heterocycles. The molecule has 2 aliphatic rings. The lowest BCUT2D eigenvalue weighted by molar-refractivity contribution is -0.294. The molecule has 40 heavy (non-hydrogen) atoms. The van der Waals surface area contributed by atoms with E-state index in [1.165, 1.54) is 24.3 Å². The quantitative estimate of drug-likeness (QED) is 0.140. The molecular weight excluding hydrogens is 540 g/mol. The number of carbonyl (C=O) groups excluding carboxylic acids is 1. The van der Waals surface area contributed by atoms with Gasteiger partial charge in [0.25, 0.3) is 0 Å². The second-order valence-corrected chi connectivity index (χ2v) is 9.04. The zero-order chi connectivity index (χ0) is 29.3. The minimum absolute atomic E-state index is 0.0105. The van der Waals surface area contributed by atoms with Gasteiger partial charge in [-0.3, -0.25) is 4.79 Å². The van der Waals surface area contributed by atoms with Crippen molar-refractivity contribution in [3.05, 3.63) is 47.2 Å². The van der Waals surface area contributed by atoms with E-state index in [2.05, 4.69) is 0 Å². The molecule has 216 valence electrons. The molecule has 0 saturated carbocycles. The molecule has 0 aromatic heterocycles. The van der Waals surface area contributed by atoms with Crippen LogP contribution >= 0.6 is 0 Å². The highest BCUT2D eigenvalue weighted by Gasteiger charge is 2.46. The van der Waals surface area contributed by atoms with Gasteiger partial charge in [0.15, 0.2) is 23.7 Å². The fourth-order valence-corrected chi connectivity index (χ4v) is 4.04. The molecule has 7 atom stereocenters. The van der Waals surface area contributed by atoms with Crippen molar-refractivity contribution in [1.29, 1.82) is 0 Å². The van der Waals surface area contributed by atoms with E-state index >= 15 is 0 Å². The fourth-order valence-electron chi connectivity index (χ4n) is 4.04. The van der Waals surface area contributed by atoms with Crippen molar-refractivity contribution in [2.75, 3.05) is 6.61 Å². The largest absolute Gasteiger partial charge is 0.508 e. The maximum Gasteiger partial charge on any atom is 0.333 e. The highest BCUT2D eigenvalue weighted by atomic mass is 16.7. The lowest BCUT2D eigenvalue weighted by atomic mass is 9.98. The van der Waals surface area contributed by atoms with Crippen LogP contribution in [-0.4, -0.2) is 101 Å². The third-order valence-electron chi connectivity index (χ3n) is 6.17. The molecule has 7 unspecified atom stereocenters. The van der Waals surface area contributed by atoms with Crippen LogP contribution in [0.3, 0.4) is 0 Å². The van der Waals surface area contributed by atoms with E-state index in [-0.39, 0.29) is 28.4 Å². The number of phenolic OH excluding ortho intramolecular Hbond substituents is 4. The summed E-state index contributed by atoms with van der Waals surface area (Å²) in [5.74, 6) is -4.60. The highest BCUT2D eigenvalue weighted by Crippen LogP contribution is 2.45. The predicted octanol–water partition coefficient (Wildman–Crippen LogP) is -0.813. The Bertz CT molecular complexity index is 1310. The number of hydrogen-bond donors (Lipinski definition) is 9. The summed E-state index contributed by atoms with van der Waals surface area (Å²) in [5.41, 5.74) is 0.267. The zero-order valence-corrected chi connectivity index (χ0v) is 20.4. The molecule has 0 bridgehead atoms.